The van der Waals surface area contributed by atoms with E-state index in [2.05, 4.69) is 27.3 Å². The van der Waals surface area contributed by atoms with E-state index in [0.29, 0.717) is 22.9 Å². The van der Waals surface area contributed by atoms with Gasteiger partial charge in [0.25, 0.3) is 0 Å². The van der Waals surface area contributed by atoms with Crippen molar-refractivity contribution in [3.05, 3.63) is 52.5 Å². The van der Waals surface area contributed by atoms with Crippen LogP contribution in [0.1, 0.15) is 5.56 Å². The minimum Gasteiger partial charge on any atom is -0.497 e. The Bertz CT molecular complexity index is 656. The Morgan fingerprint density at radius 2 is 1.83 bits per heavy atom. The molecule has 0 aliphatic carbocycles. The average molecular weight is 396 g/mol. The lowest BCUT2D eigenvalue weighted by atomic mass is 10.2. The highest BCUT2D eigenvalue weighted by Gasteiger charge is 2.07. The lowest BCUT2D eigenvalue weighted by Crippen LogP contribution is -2.14. The number of methoxy groups -OCH3 is 2. The van der Waals surface area contributed by atoms with Crippen molar-refractivity contribution in [3.8, 4) is 11.5 Å². The quantitative estimate of drug-likeness (QED) is 0.757. The summed E-state index contributed by atoms with van der Waals surface area (Å²) in [7, 11) is 3.16. The van der Waals surface area contributed by atoms with Crippen molar-refractivity contribution in [3.63, 3.8) is 0 Å². The average Bonchev–Trinajstić information content (AvgIpc) is 2.54. The van der Waals surface area contributed by atoms with Crippen molar-refractivity contribution in [2.75, 3.05) is 25.3 Å². The van der Waals surface area contributed by atoms with E-state index in [9.17, 15) is 4.79 Å². The minimum absolute atomic E-state index is 0.0553. The molecule has 0 radical (unpaired) electrons. The van der Waals surface area contributed by atoms with Crippen LogP contribution in [0.4, 0.5) is 5.69 Å². The predicted molar refractivity (Wildman–Crippen MR) is 98.5 cm³/mol. The second kappa shape index (κ2) is 8.84. The van der Waals surface area contributed by atoms with Gasteiger partial charge in [-0.25, -0.2) is 0 Å². The number of carbonyl (C=O) groups is 1. The zero-order chi connectivity index (χ0) is 16.7. The van der Waals surface area contributed by atoms with Crippen molar-refractivity contribution in [1.29, 1.82) is 0 Å². The molecule has 1 amide bonds. The number of thioether (sulfide) groups is 1. The normalized spacial score (nSPS) is 10.2. The van der Waals surface area contributed by atoms with Crippen LogP contribution in [0.15, 0.2) is 46.9 Å². The molecule has 6 heteroatoms. The number of hydrogen-bond donors (Lipinski definition) is 1. The highest BCUT2D eigenvalue weighted by atomic mass is 79.9. The van der Waals surface area contributed by atoms with Crippen molar-refractivity contribution in [1.82, 2.24) is 0 Å². The Labute approximate surface area is 148 Å². The van der Waals surface area contributed by atoms with E-state index in [4.69, 9.17) is 9.47 Å². The topological polar surface area (TPSA) is 47.6 Å². The van der Waals surface area contributed by atoms with Crippen molar-refractivity contribution < 1.29 is 14.3 Å². The molecular weight excluding hydrogens is 378 g/mol. The second-order valence-electron chi connectivity index (χ2n) is 4.77. The Hall–Kier alpha value is -1.66. The monoisotopic (exact) mass is 395 g/mol. The molecule has 0 atom stereocenters. The van der Waals surface area contributed by atoms with E-state index in [1.807, 2.05) is 18.2 Å². The van der Waals surface area contributed by atoms with Gasteiger partial charge >= 0.3 is 0 Å². The standard InChI is InChI=1S/C17H18BrNO3S/c1-21-15-7-14(8-16(9-15)22-2)19-17(20)11-23-10-12-4-3-5-13(18)6-12/h3-9H,10-11H2,1-2H3,(H,19,20). The first-order valence-electron chi connectivity index (χ1n) is 6.96. The minimum atomic E-state index is -0.0553. The molecule has 0 saturated carbocycles. The number of rotatable bonds is 7. The van der Waals surface area contributed by atoms with Gasteiger partial charge in [0.1, 0.15) is 11.5 Å². The molecule has 23 heavy (non-hydrogen) atoms. The molecule has 0 aromatic heterocycles. The van der Waals surface area contributed by atoms with Crippen LogP contribution < -0.4 is 14.8 Å². The van der Waals surface area contributed by atoms with Gasteiger partial charge in [0.2, 0.25) is 5.91 Å². The number of halogens is 1. The maximum atomic E-state index is 12.0. The van der Waals surface area contributed by atoms with Crippen molar-refractivity contribution >= 4 is 39.3 Å². The van der Waals surface area contributed by atoms with E-state index in [0.717, 1.165) is 10.2 Å². The summed E-state index contributed by atoms with van der Waals surface area (Å²) >= 11 is 5.01. The third kappa shape index (κ3) is 5.80. The lowest BCUT2D eigenvalue weighted by Gasteiger charge is -2.10. The van der Waals surface area contributed by atoms with E-state index in [-0.39, 0.29) is 5.91 Å². The fourth-order valence-corrected chi connectivity index (χ4v) is 3.19. The highest BCUT2D eigenvalue weighted by molar-refractivity contribution is 9.10. The summed E-state index contributed by atoms with van der Waals surface area (Å²) in [6.45, 7) is 0. The molecule has 2 aromatic rings. The Morgan fingerprint density at radius 1 is 1.13 bits per heavy atom. The molecule has 0 aliphatic rings. The molecule has 2 rings (SSSR count). The smallest absolute Gasteiger partial charge is 0.234 e. The van der Waals surface area contributed by atoms with Crippen LogP contribution in [0.2, 0.25) is 0 Å². The van der Waals surface area contributed by atoms with E-state index < -0.39 is 0 Å². The van der Waals surface area contributed by atoms with Gasteiger partial charge in [-0.1, -0.05) is 28.1 Å². The number of benzene rings is 2. The summed E-state index contributed by atoms with van der Waals surface area (Å²) in [5.41, 5.74) is 1.84. The maximum Gasteiger partial charge on any atom is 0.234 e. The van der Waals surface area contributed by atoms with Crippen molar-refractivity contribution in [2.45, 2.75) is 5.75 Å². The van der Waals surface area contributed by atoms with Gasteiger partial charge in [-0.3, -0.25) is 4.79 Å². The molecule has 0 heterocycles. The Balaban J connectivity index is 1.87. The number of nitrogens with one attached hydrogen (secondary N) is 1. The lowest BCUT2D eigenvalue weighted by molar-refractivity contribution is -0.113. The molecule has 0 fully saturated rings. The van der Waals surface area contributed by atoms with Gasteiger partial charge in [-0.15, -0.1) is 11.8 Å². The summed E-state index contributed by atoms with van der Waals surface area (Å²) in [6, 6.07) is 13.4. The van der Waals surface area contributed by atoms with Gasteiger partial charge in [-0.05, 0) is 17.7 Å². The molecule has 4 nitrogen and oxygen atoms in total. The van der Waals surface area contributed by atoms with Gasteiger partial charge in [0.15, 0.2) is 0 Å². The number of amides is 1. The summed E-state index contributed by atoms with van der Waals surface area (Å²) in [4.78, 5) is 12.0. The van der Waals surface area contributed by atoms with Crippen LogP contribution >= 0.6 is 27.7 Å². The molecule has 0 saturated heterocycles. The third-order valence-corrected chi connectivity index (χ3v) is 4.52. The summed E-state index contributed by atoms with van der Waals surface area (Å²) < 4.78 is 11.4. The third-order valence-electron chi connectivity index (χ3n) is 3.03. The molecule has 0 unspecified atom stereocenters. The summed E-state index contributed by atoms with van der Waals surface area (Å²) in [6.07, 6.45) is 0. The van der Waals surface area contributed by atoms with Crippen molar-refractivity contribution in [2.24, 2.45) is 0 Å². The molecular formula is C17H18BrNO3S. The van der Waals surface area contributed by atoms with Gasteiger partial charge in [0, 0.05) is 34.1 Å². The SMILES string of the molecule is COc1cc(NC(=O)CSCc2cccc(Br)c2)cc(OC)c1. The van der Waals surface area contributed by atoms with E-state index >= 15 is 0 Å². The second-order valence-corrected chi connectivity index (χ2v) is 6.67. The zero-order valence-electron chi connectivity index (χ0n) is 13.0. The first-order chi connectivity index (χ1) is 11.1. The first kappa shape index (κ1) is 17.7. The molecule has 1 N–H and O–H groups in total. The fraction of sp³-hybridized carbons (Fsp3) is 0.235. The van der Waals surface area contributed by atoms with Crippen LogP contribution in [-0.2, 0) is 10.5 Å². The van der Waals surface area contributed by atoms with Crippen LogP contribution in [0.25, 0.3) is 0 Å². The van der Waals surface area contributed by atoms with Gasteiger partial charge in [0.05, 0.1) is 20.0 Å². The number of carbonyl (C=O) groups excluding carboxylic acids is 1. The molecule has 0 spiro atoms. The largest absolute Gasteiger partial charge is 0.497 e. The molecule has 2 aromatic carbocycles. The fourth-order valence-electron chi connectivity index (χ4n) is 1.97. The maximum absolute atomic E-state index is 12.0. The Kier molecular flexibility index (Phi) is 6.80. The van der Waals surface area contributed by atoms with E-state index in [1.165, 1.54) is 5.56 Å². The molecule has 122 valence electrons. The van der Waals surface area contributed by atoms with Crippen LogP contribution in [0, 0.1) is 0 Å². The van der Waals surface area contributed by atoms with Crippen LogP contribution in [-0.4, -0.2) is 25.9 Å². The summed E-state index contributed by atoms with van der Waals surface area (Å²) in [5.74, 6) is 2.39. The number of hydrogen-bond acceptors (Lipinski definition) is 4. The predicted octanol–water partition coefficient (Wildman–Crippen LogP) is 4.34. The van der Waals surface area contributed by atoms with Gasteiger partial charge in [-0.2, -0.15) is 0 Å². The Morgan fingerprint density at radius 3 is 2.43 bits per heavy atom. The van der Waals surface area contributed by atoms with Crippen LogP contribution in [0.5, 0.6) is 11.5 Å². The zero-order valence-corrected chi connectivity index (χ0v) is 15.4. The molecule has 0 bridgehead atoms. The number of anilines is 1. The number of ether oxygens (including phenoxy) is 2. The van der Waals surface area contributed by atoms with Gasteiger partial charge < -0.3 is 14.8 Å². The summed E-state index contributed by atoms with van der Waals surface area (Å²) in [5, 5.41) is 2.86. The first-order valence-corrected chi connectivity index (χ1v) is 8.90. The van der Waals surface area contributed by atoms with E-state index in [1.54, 1.807) is 44.2 Å². The molecule has 0 aliphatic heterocycles. The highest BCUT2D eigenvalue weighted by Crippen LogP contribution is 2.26. The van der Waals surface area contributed by atoms with Crippen LogP contribution in [0.3, 0.4) is 0 Å².